The van der Waals surface area contributed by atoms with Crippen molar-refractivity contribution in [3.05, 3.63) is 0 Å². The van der Waals surface area contributed by atoms with Crippen molar-refractivity contribution in [1.29, 1.82) is 0 Å². The Kier molecular flexibility index (Phi) is 2.76. The van der Waals surface area contributed by atoms with Crippen LogP contribution in [0.5, 0.6) is 0 Å². The van der Waals surface area contributed by atoms with Gasteiger partial charge in [0.2, 0.25) is 0 Å². The average molecular weight is 201 g/mol. The van der Waals surface area contributed by atoms with E-state index in [2.05, 4.69) is 5.32 Å². The Hall–Kier alpha value is -0.770. The van der Waals surface area contributed by atoms with Crippen molar-refractivity contribution < 1.29 is 14.6 Å². The third-order valence-electron chi connectivity index (χ3n) is 2.49. The molecule has 1 amide bonds. The van der Waals surface area contributed by atoms with Crippen LogP contribution in [0.4, 0.5) is 4.79 Å². The molecular formula is C10H19NO3. The number of carbonyl (C=O) groups is 1. The van der Waals surface area contributed by atoms with Crippen LogP contribution in [-0.4, -0.2) is 28.9 Å². The molecular weight excluding hydrogens is 182 g/mol. The normalized spacial score (nSPS) is 31.1. The van der Waals surface area contributed by atoms with Gasteiger partial charge in [-0.15, -0.1) is 0 Å². The zero-order valence-electron chi connectivity index (χ0n) is 9.26. The van der Waals surface area contributed by atoms with Crippen LogP contribution in [0.3, 0.4) is 0 Å². The number of hydrogen-bond acceptors (Lipinski definition) is 3. The van der Waals surface area contributed by atoms with E-state index in [1.807, 2.05) is 27.7 Å². The molecule has 4 heteroatoms. The maximum atomic E-state index is 11.4. The summed E-state index contributed by atoms with van der Waals surface area (Å²) in [6, 6.07) is 0. The highest BCUT2D eigenvalue weighted by Gasteiger charge is 2.52. The first-order valence-electron chi connectivity index (χ1n) is 4.91. The summed E-state index contributed by atoms with van der Waals surface area (Å²) in [6.07, 6.45) is 0.374. The van der Waals surface area contributed by atoms with E-state index in [1.165, 1.54) is 0 Å². The molecule has 1 fully saturated rings. The van der Waals surface area contributed by atoms with Gasteiger partial charge in [0.1, 0.15) is 5.60 Å². The highest BCUT2D eigenvalue weighted by Crippen LogP contribution is 2.42. The number of carbonyl (C=O) groups excluding carboxylic acids is 1. The van der Waals surface area contributed by atoms with E-state index >= 15 is 0 Å². The fourth-order valence-electron chi connectivity index (χ4n) is 1.43. The second-order valence-corrected chi connectivity index (χ2v) is 5.05. The van der Waals surface area contributed by atoms with Crippen molar-refractivity contribution >= 4 is 6.09 Å². The van der Waals surface area contributed by atoms with E-state index in [0.717, 1.165) is 6.42 Å². The lowest BCUT2D eigenvalue weighted by atomic mass is 10.2. The number of alkyl carbamates (subject to hydrolysis) is 1. The van der Waals surface area contributed by atoms with Gasteiger partial charge in [-0.1, -0.05) is 6.92 Å². The van der Waals surface area contributed by atoms with Gasteiger partial charge in [-0.05, 0) is 33.1 Å². The summed E-state index contributed by atoms with van der Waals surface area (Å²) in [7, 11) is 0. The predicted molar refractivity (Wildman–Crippen MR) is 53.0 cm³/mol. The first-order chi connectivity index (χ1) is 6.29. The lowest BCUT2D eigenvalue weighted by molar-refractivity contribution is 0.0463. The van der Waals surface area contributed by atoms with Crippen LogP contribution in [0.15, 0.2) is 0 Å². The van der Waals surface area contributed by atoms with Crippen molar-refractivity contribution in [1.82, 2.24) is 5.32 Å². The molecule has 0 unspecified atom stereocenters. The van der Waals surface area contributed by atoms with Crippen LogP contribution in [0, 0.1) is 5.92 Å². The molecule has 0 aliphatic heterocycles. The van der Waals surface area contributed by atoms with Gasteiger partial charge < -0.3 is 15.2 Å². The quantitative estimate of drug-likeness (QED) is 0.707. The van der Waals surface area contributed by atoms with Gasteiger partial charge >= 0.3 is 6.09 Å². The third kappa shape index (κ3) is 2.61. The third-order valence-corrected chi connectivity index (χ3v) is 2.49. The maximum Gasteiger partial charge on any atom is 0.408 e. The topological polar surface area (TPSA) is 58.6 Å². The van der Waals surface area contributed by atoms with E-state index in [1.54, 1.807) is 0 Å². The molecule has 0 heterocycles. The number of hydrogen-bond donors (Lipinski definition) is 2. The van der Waals surface area contributed by atoms with Crippen molar-refractivity contribution in [2.24, 2.45) is 5.92 Å². The van der Waals surface area contributed by atoms with Crippen molar-refractivity contribution in [2.45, 2.75) is 45.3 Å². The van der Waals surface area contributed by atoms with E-state index in [0.29, 0.717) is 5.92 Å². The minimum atomic E-state index is -0.487. The van der Waals surface area contributed by atoms with E-state index < -0.39 is 17.2 Å². The molecule has 2 N–H and O–H groups in total. The molecule has 1 saturated carbocycles. The van der Waals surface area contributed by atoms with Gasteiger partial charge in [0.05, 0.1) is 12.1 Å². The zero-order chi connectivity index (χ0) is 11.0. The van der Waals surface area contributed by atoms with Crippen LogP contribution >= 0.6 is 0 Å². The Balaban J connectivity index is 2.42. The number of rotatable bonds is 2. The van der Waals surface area contributed by atoms with Crippen LogP contribution in [0.2, 0.25) is 0 Å². The lowest BCUT2D eigenvalue weighted by Crippen LogP contribution is -2.43. The maximum absolute atomic E-state index is 11.4. The summed E-state index contributed by atoms with van der Waals surface area (Å²) >= 11 is 0. The Morgan fingerprint density at radius 2 is 2.14 bits per heavy atom. The van der Waals surface area contributed by atoms with E-state index in [4.69, 9.17) is 9.84 Å². The average Bonchev–Trinajstić information content (AvgIpc) is 2.58. The van der Waals surface area contributed by atoms with Gasteiger partial charge in [-0.2, -0.15) is 0 Å². The summed E-state index contributed by atoms with van der Waals surface area (Å²) in [5.74, 6) is 0.333. The molecule has 0 bridgehead atoms. The molecule has 0 aromatic heterocycles. The predicted octanol–water partition coefficient (Wildman–Crippen LogP) is 1.28. The second kappa shape index (κ2) is 3.42. The minimum Gasteiger partial charge on any atom is -0.444 e. The molecule has 1 aliphatic carbocycles. The van der Waals surface area contributed by atoms with Crippen molar-refractivity contribution in [3.8, 4) is 0 Å². The first kappa shape index (κ1) is 11.3. The Labute approximate surface area is 84.6 Å². The molecule has 1 aliphatic rings. The van der Waals surface area contributed by atoms with Gasteiger partial charge in [0, 0.05) is 0 Å². The van der Waals surface area contributed by atoms with Gasteiger partial charge in [0.25, 0.3) is 0 Å². The number of aliphatic hydroxyl groups excluding tert-OH is 1. The zero-order valence-corrected chi connectivity index (χ0v) is 9.26. The molecule has 0 spiro atoms. The van der Waals surface area contributed by atoms with E-state index in [9.17, 15) is 4.79 Å². The Morgan fingerprint density at radius 1 is 1.64 bits per heavy atom. The fraction of sp³-hybridized carbons (Fsp3) is 0.900. The molecule has 0 radical (unpaired) electrons. The van der Waals surface area contributed by atoms with Gasteiger partial charge in [-0.3, -0.25) is 0 Å². The van der Waals surface area contributed by atoms with Crippen LogP contribution < -0.4 is 5.32 Å². The smallest absolute Gasteiger partial charge is 0.408 e. The highest BCUT2D eigenvalue weighted by molar-refractivity contribution is 5.69. The SMILES string of the molecule is C[C@@H]1C[C@@]1(CO)NC(=O)OC(C)(C)C. The van der Waals surface area contributed by atoms with Crippen molar-refractivity contribution in [2.75, 3.05) is 6.61 Å². The Bertz CT molecular complexity index is 230. The number of amides is 1. The van der Waals surface area contributed by atoms with Crippen LogP contribution in [0.1, 0.15) is 34.1 Å². The molecule has 14 heavy (non-hydrogen) atoms. The molecule has 82 valence electrons. The largest absolute Gasteiger partial charge is 0.444 e. The Morgan fingerprint density at radius 3 is 2.43 bits per heavy atom. The minimum absolute atomic E-state index is 0.0204. The van der Waals surface area contributed by atoms with Gasteiger partial charge in [-0.25, -0.2) is 4.79 Å². The second-order valence-electron chi connectivity index (χ2n) is 5.05. The number of nitrogens with one attached hydrogen (secondary N) is 1. The highest BCUT2D eigenvalue weighted by atomic mass is 16.6. The summed E-state index contributed by atoms with van der Waals surface area (Å²) in [5.41, 5.74) is -0.915. The summed E-state index contributed by atoms with van der Waals surface area (Å²) < 4.78 is 5.10. The van der Waals surface area contributed by atoms with Crippen LogP contribution in [-0.2, 0) is 4.74 Å². The van der Waals surface area contributed by atoms with Gasteiger partial charge in [0.15, 0.2) is 0 Å². The fourth-order valence-corrected chi connectivity index (χ4v) is 1.43. The molecule has 0 saturated heterocycles. The molecule has 0 aromatic carbocycles. The number of aliphatic hydroxyl groups is 1. The molecule has 4 nitrogen and oxygen atoms in total. The van der Waals surface area contributed by atoms with Crippen LogP contribution in [0.25, 0.3) is 0 Å². The number of ether oxygens (including phenoxy) is 1. The monoisotopic (exact) mass is 201 g/mol. The standard InChI is InChI=1S/C10H19NO3/c1-7-5-10(7,6-12)11-8(13)14-9(2,3)4/h7,12H,5-6H2,1-4H3,(H,11,13)/t7-,10+/m1/s1. The lowest BCUT2D eigenvalue weighted by Gasteiger charge is -2.22. The van der Waals surface area contributed by atoms with Crippen molar-refractivity contribution in [3.63, 3.8) is 0 Å². The molecule has 0 aromatic rings. The van der Waals surface area contributed by atoms with E-state index in [-0.39, 0.29) is 6.61 Å². The molecule has 1 rings (SSSR count). The summed E-state index contributed by atoms with van der Waals surface area (Å²) in [6.45, 7) is 7.42. The first-order valence-corrected chi connectivity index (χ1v) is 4.91. The summed E-state index contributed by atoms with van der Waals surface area (Å²) in [4.78, 5) is 11.4. The molecule has 2 atom stereocenters. The summed E-state index contributed by atoms with van der Waals surface area (Å²) in [5, 5.41) is 11.8.